The quantitative estimate of drug-likeness (QED) is 0.760. The van der Waals surface area contributed by atoms with Crippen LogP contribution in [0.5, 0.6) is 0 Å². The van der Waals surface area contributed by atoms with Crippen molar-refractivity contribution in [2.45, 2.75) is 44.6 Å². The monoisotopic (exact) mass is 255 g/mol. The van der Waals surface area contributed by atoms with Crippen molar-refractivity contribution in [3.63, 3.8) is 0 Å². The summed E-state index contributed by atoms with van der Waals surface area (Å²) in [6, 6.07) is 9.78. The predicted octanol–water partition coefficient (Wildman–Crippen LogP) is 3.91. The van der Waals surface area contributed by atoms with E-state index in [1.165, 1.54) is 19.3 Å². The molecule has 1 fully saturated rings. The van der Waals surface area contributed by atoms with Crippen molar-refractivity contribution >= 4 is 0 Å². The van der Waals surface area contributed by atoms with Crippen molar-refractivity contribution in [2.75, 3.05) is 6.54 Å². The molecular formula is C18H25N. The van der Waals surface area contributed by atoms with Crippen molar-refractivity contribution in [1.29, 1.82) is 0 Å². The molecule has 0 saturated heterocycles. The first-order valence-electron chi connectivity index (χ1n) is 7.79. The maximum atomic E-state index is 3.87. The summed E-state index contributed by atoms with van der Waals surface area (Å²) in [6.45, 7) is 7.18. The highest BCUT2D eigenvalue weighted by Crippen LogP contribution is 2.61. The van der Waals surface area contributed by atoms with E-state index in [4.69, 9.17) is 0 Å². The zero-order chi connectivity index (χ0) is 13.2. The second kappa shape index (κ2) is 5.50. The zero-order valence-electron chi connectivity index (χ0n) is 11.9. The van der Waals surface area contributed by atoms with Crippen LogP contribution < -0.4 is 5.32 Å². The zero-order valence-corrected chi connectivity index (χ0v) is 11.9. The third-order valence-electron chi connectivity index (χ3n) is 5.00. The number of benzene rings is 1. The van der Waals surface area contributed by atoms with Gasteiger partial charge < -0.3 is 5.32 Å². The Labute approximate surface area is 117 Å². The molecule has 0 aromatic heterocycles. The fourth-order valence-electron chi connectivity index (χ4n) is 4.16. The van der Waals surface area contributed by atoms with E-state index in [0.717, 1.165) is 30.7 Å². The lowest BCUT2D eigenvalue weighted by Crippen LogP contribution is -2.31. The first-order valence-corrected chi connectivity index (χ1v) is 7.79. The smallest absolute Gasteiger partial charge is 0.0107 e. The molecule has 102 valence electrons. The average Bonchev–Trinajstić information content (AvgIpc) is 3.18. The lowest BCUT2D eigenvalue weighted by atomic mass is 9.92. The molecular weight excluding hydrogens is 230 g/mol. The summed E-state index contributed by atoms with van der Waals surface area (Å²) in [7, 11) is 0. The number of allylic oxidation sites excluding steroid dienone is 1. The van der Waals surface area contributed by atoms with Gasteiger partial charge in [-0.2, -0.15) is 0 Å². The maximum absolute atomic E-state index is 3.87. The Morgan fingerprint density at radius 3 is 3.05 bits per heavy atom. The molecule has 4 unspecified atom stereocenters. The average molecular weight is 255 g/mol. The van der Waals surface area contributed by atoms with Gasteiger partial charge in [-0.05, 0) is 61.1 Å². The van der Waals surface area contributed by atoms with Crippen LogP contribution in [0.1, 0.15) is 43.2 Å². The van der Waals surface area contributed by atoms with Crippen LogP contribution in [-0.2, 0) is 6.42 Å². The number of hydrogen-bond donors (Lipinski definition) is 1. The Bertz CT molecular complexity index is 451. The van der Waals surface area contributed by atoms with Gasteiger partial charge >= 0.3 is 0 Å². The summed E-state index contributed by atoms with van der Waals surface area (Å²) in [5, 5.41) is 3.72. The van der Waals surface area contributed by atoms with Gasteiger partial charge in [0.2, 0.25) is 0 Å². The van der Waals surface area contributed by atoms with Crippen molar-refractivity contribution in [2.24, 2.45) is 11.8 Å². The van der Waals surface area contributed by atoms with Crippen LogP contribution in [0, 0.1) is 11.8 Å². The largest absolute Gasteiger partial charge is 0.314 e. The van der Waals surface area contributed by atoms with E-state index >= 15 is 0 Å². The minimum absolute atomic E-state index is 0.684. The normalized spacial score (nSPS) is 29.2. The van der Waals surface area contributed by atoms with Gasteiger partial charge in [-0.1, -0.05) is 37.3 Å². The summed E-state index contributed by atoms with van der Waals surface area (Å²) in [5.74, 6) is 2.63. The number of hydrogen-bond acceptors (Lipinski definition) is 1. The highest BCUT2D eigenvalue weighted by molar-refractivity contribution is 5.40. The first-order chi connectivity index (χ1) is 9.36. The summed E-state index contributed by atoms with van der Waals surface area (Å²) in [4.78, 5) is 0. The molecule has 4 atom stereocenters. The van der Waals surface area contributed by atoms with E-state index in [-0.39, 0.29) is 0 Å². The molecule has 0 spiro atoms. The van der Waals surface area contributed by atoms with E-state index in [0.29, 0.717) is 6.04 Å². The van der Waals surface area contributed by atoms with Crippen LogP contribution in [0.2, 0.25) is 0 Å². The van der Waals surface area contributed by atoms with Gasteiger partial charge in [-0.15, -0.1) is 6.58 Å². The Balaban J connectivity index is 1.76. The second-order valence-corrected chi connectivity index (χ2v) is 6.03. The van der Waals surface area contributed by atoms with Crippen LogP contribution in [-0.4, -0.2) is 12.6 Å². The standard InChI is InChI=1S/C18H25N/c1-3-5-10-16(19-4-2)18-15-12-11-13-8-6-7-9-14(13)17(15)18/h3,6-9,15-19H,1,4-5,10-12H2,2H3. The molecule has 19 heavy (non-hydrogen) atoms. The van der Waals surface area contributed by atoms with Gasteiger partial charge in [0.05, 0.1) is 0 Å². The third kappa shape index (κ3) is 2.36. The first kappa shape index (κ1) is 12.9. The van der Waals surface area contributed by atoms with Gasteiger partial charge in [-0.3, -0.25) is 0 Å². The Morgan fingerprint density at radius 2 is 2.26 bits per heavy atom. The molecule has 0 radical (unpaired) electrons. The summed E-state index contributed by atoms with van der Waals surface area (Å²) in [6.07, 6.45) is 7.12. The SMILES string of the molecule is C=CCCC(NCC)C1C2CCc3ccccc3C21. The second-order valence-electron chi connectivity index (χ2n) is 6.03. The Kier molecular flexibility index (Phi) is 3.74. The van der Waals surface area contributed by atoms with E-state index in [2.05, 4.69) is 49.2 Å². The van der Waals surface area contributed by atoms with Gasteiger partial charge in [0.1, 0.15) is 0 Å². The van der Waals surface area contributed by atoms with Crippen LogP contribution in [0.4, 0.5) is 0 Å². The van der Waals surface area contributed by atoms with E-state index in [9.17, 15) is 0 Å². The number of fused-ring (bicyclic) bond motifs is 3. The summed E-state index contributed by atoms with van der Waals surface area (Å²) >= 11 is 0. The van der Waals surface area contributed by atoms with E-state index in [1.54, 1.807) is 11.1 Å². The van der Waals surface area contributed by atoms with Crippen LogP contribution in [0.25, 0.3) is 0 Å². The van der Waals surface area contributed by atoms with Crippen molar-refractivity contribution in [3.05, 3.63) is 48.0 Å². The number of nitrogens with one attached hydrogen (secondary N) is 1. The highest BCUT2D eigenvalue weighted by Gasteiger charge is 2.55. The van der Waals surface area contributed by atoms with Gasteiger partial charge in [0.25, 0.3) is 0 Å². The molecule has 0 amide bonds. The van der Waals surface area contributed by atoms with E-state index < -0.39 is 0 Å². The van der Waals surface area contributed by atoms with Crippen molar-refractivity contribution < 1.29 is 0 Å². The molecule has 3 rings (SSSR count). The molecule has 2 aliphatic carbocycles. The van der Waals surface area contributed by atoms with Crippen molar-refractivity contribution in [1.82, 2.24) is 5.32 Å². The number of rotatable bonds is 6. The highest BCUT2D eigenvalue weighted by atomic mass is 14.9. The molecule has 1 heteroatoms. The molecule has 1 saturated carbocycles. The van der Waals surface area contributed by atoms with E-state index in [1.807, 2.05) is 0 Å². The molecule has 1 aromatic carbocycles. The lowest BCUT2D eigenvalue weighted by molar-refractivity contribution is 0.422. The topological polar surface area (TPSA) is 12.0 Å². The fraction of sp³-hybridized carbons (Fsp3) is 0.556. The third-order valence-corrected chi connectivity index (χ3v) is 5.00. The minimum atomic E-state index is 0.684. The van der Waals surface area contributed by atoms with Gasteiger partial charge in [-0.25, -0.2) is 0 Å². The van der Waals surface area contributed by atoms with Crippen molar-refractivity contribution in [3.8, 4) is 0 Å². The molecule has 1 aromatic rings. The lowest BCUT2D eigenvalue weighted by Gasteiger charge is -2.17. The maximum Gasteiger partial charge on any atom is 0.0107 e. The molecule has 2 aliphatic rings. The van der Waals surface area contributed by atoms with Crippen LogP contribution in [0.15, 0.2) is 36.9 Å². The van der Waals surface area contributed by atoms with Crippen LogP contribution in [0.3, 0.4) is 0 Å². The Morgan fingerprint density at radius 1 is 1.42 bits per heavy atom. The molecule has 0 bridgehead atoms. The van der Waals surface area contributed by atoms with Gasteiger partial charge in [0, 0.05) is 6.04 Å². The van der Waals surface area contributed by atoms with Gasteiger partial charge in [0.15, 0.2) is 0 Å². The predicted molar refractivity (Wildman–Crippen MR) is 81.4 cm³/mol. The molecule has 0 aliphatic heterocycles. The summed E-state index contributed by atoms with van der Waals surface area (Å²) in [5.41, 5.74) is 3.25. The fourth-order valence-corrected chi connectivity index (χ4v) is 4.16. The minimum Gasteiger partial charge on any atom is -0.314 e. The molecule has 0 heterocycles. The number of aryl methyl sites for hydroxylation is 1. The molecule has 1 N–H and O–H groups in total. The Hall–Kier alpha value is -1.08. The molecule has 1 nitrogen and oxygen atoms in total. The van der Waals surface area contributed by atoms with Crippen LogP contribution >= 0.6 is 0 Å². The summed E-state index contributed by atoms with van der Waals surface area (Å²) < 4.78 is 0.